The minimum absolute atomic E-state index is 0.119. The van der Waals surface area contributed by atoms with Gasteiger partial charge in [0.05, 0.1) is 12.8 Å². The Balaban J connectivity index is 2.29. The molecule has 0 bridgehead atoms. The predicted octanol–water partition coefficient (Wildman–Crippen LogP) is 5.18. The second kappa shape index (κ2) is 7.02. The quantitative estimate of drug-likeness (QED) is 0.689. The fraction of sp³-hybridized carbons (Fsp3) is 0.0526. The number of halogens is 2. The molecule has 1 heterocycles. The van der Waals surface area contributed by atoms with E-state index in [1.54, 1.807) is 31.4 Å². The lowest BCUT2D eigenvalue weighted by atomic mass is 9.98. The van der Waals surface area contributed by atoms with Crippen molar-refractivity contribution in [1.82, 2.24) is 4.98 Å². The molecule has 1 aromatic heterocycles. The van der Waals surface area contributed by atoms with Gasteiger partial charge in [-0.1, -0.05) is 41.4 Å². The first-order valence-electron chi connectivity index (χ1n) is 7.34. The smallest absolute Gasteiger partial charge is 0.142 e. The van der Waals surface area contributed by atoms with Crippen LogP contribution in [-0.2, 0) is 0 Å². The van der Waals surface area contributed by atoms with E-state index in [2.05, 4.69) is 11.1 Å². The van der Waals surface area contributed by atoms with E-state index < -0.39 is 0 Å². The van der Waals surface area contributed by atoms with Gasteiger partial charge in [-0.15, -0.1) is 0 Å². The summed E-state index contributed by atoms with van der Waals surface area (Å²) in [6, 6.07) is 16.4. The monoisotopic (exact) mass is 369 g/mol. The first kappa shape index (κ1) is 17.1. The number of nitriles is 1. The van der Waals surface area contributed by atoms with Crippen LogP contribution in [0.1, 0.15) is 5.56 Å². The second-order valence-electron chi connectivity index (χ2n) is 5.26. The highest BCUT2D eigenvalue weighted by Gasteiger charge is 2.18. The molecule has 4 nitrogen and oxygen atoms in total. The number of nitrogen functional groups attached to an aromatic ring is 1. The molecule has 0 aliphatic heterocycles. The summed E-state index contributed by atoms with van der Waals surface area (Å²) in [5.74, 6) is 0.813. The Morgan fingerprint density at radius 3 is 2.40 bits per heavy atom. The molecule has 2 N–H and O–H groups in total. The van der Waals surface area contributed by atoms with E-state index in [1.165, 1.54) is 0 Å². The second-order valence-corrected chi connectivity index (χ2v) is 6.07. The number of nitrogens with two attached hydrogens (primary N) is 1. The largest absolute Gasteiger partial charge is 0.497 e. The molecule has 0 atom stereocenters. The Morgan fingerprint density at radius 2 is 1.76 bits per heavy atom. The molecule has 0 aliphatic rings. The van der Waals surface area contributed by atoms with Crippen LogP contribution >= 0.6 is 23.2 Å². The van der Waals surface area contributed by atoms with Crippen molar-refractivity contribution in [2.45, 2.75) is 0 Å². The van der Waals surface area contributed by atoms with Crippen molar-refractivity contribution < 1.29 is 4.74 Å². The summed E-state index contributed by atoms with van der Waals surface area (Å²) < 4.78 is 5.25. The molecule has 25 heavy (non-hydrogen) atoms. The Kier molecular flexibility index (Phi) is 4.80. The highest BCUT2D eigenvalue weighted by Crippen LogP contribution is 2.39. The van der Waals surface area contributed by atoms with Crippen LogP contribution in [0.3, 0.4) is 0 Å². The maximum atomic E-state index is 9.51. The molecule has 0 radical (unpaired) electrons. The number of ether oxygens (including phenoxy) is 1. The van der Waals surface area contributed by atoms with Crippen LogP contribution in [0.5, 0.6) is 5.75 Å². The third-order valence-corrected chi connectivity index (χ3v) is 4.39. The molecule has 124 valence electrons. The molecule has 3 aromatic rings. The molecule has 0 fully saturated rings. The van der Waals surface area contributed by atoms with Crippen LogP contribution in [0.4, 0.5) is 5.82 Å². The van der Waals surface area contributed by atoms with E-state index in [0.717, 1.165) is 5.56 Å². The van der Waals surface area contributed by atoms with Gasteiger partial charge >= 0.3 is 0 Å². The van der Waals surface area contributed by atoms with E-state index in [1.807, 2.05) is 24.3 Å². The van der Waals surface area contributed by atoms with Gasteiger partial charge < -0.3 is 10.5 Å². The minimum Gasteiger partial charge on any atom is -0.497 e. The molecule has 3 rings (SSSR count). The molecule has 6 heteroatoms. The molecule has 0 saturated heterocycles. The number of hydrogen-bond acceptors (Lipinski definition) is 4. The number of nitrogens with zero attached hydrogens (tertiary/aromatic N) is 2. The molecular weight excluding hydrogens is 357 g/mol. The van der Waals surface area contributed by atoms with E-state index in [4.69, 9.17) is 33.7 Å². The Morgan fingerprint density at radius 1 is 1.08 bits per heavy atom. The first-order chi connectivity index (χ1) is 12.0. The van der Waals surface area contributed by atoms with Crippen molar-refractivity contribution in [3.8, 4) is 34.2 Å². The number of hydrogen-bond donors (Lipinski definition) is 1. The van der Waals surface area contributed by atoms with Crippen LogP contribution in [0.25, 0.3) is 22.4 Å². The normalized spacial score (nSPS) is 10.3. The fourth-order valence-electron chi connectivity index (χ4n) is 2.56. The minimum atomic E-state index is 0.119. The van der Waals surface area contributed by atoms with Crippen molar-refractivity contribution in [2.75, 3.05) is 12.8 Å². The van der Waals surface area contributed by atoms with E-state index in [-0.39, 0.29) is 11.4 Å². The van der Waals surface area contributed by atoms with Gasteiger partial charge in [-0.3, -0.25) is 0 Å². The van der Waals surface area contributed by atoms with E-state index in [0.29, 0.717) is 32.6 Å². The highest BCUT2D eigenvalue weighted by molar-refractivity contribution is 6.39. The van der Waals surface area contributed by atoms with E-state index in [9.17, 15) is 5.26 Å². The number of anilines is 1. The van der Waals surface area contributed by atoms with Crippen molar-refractivity contribution in [3.05, 3.63) is 64.1 Å². The number of pyridine rings is 1. The molecule has 0 spiro atoms. The number of aromatic nitrogens is 1. The topological polar surface area (TPSA) is 71.9 Å². The van der Waals surface area contributed by atoms with Crippen LogP contribution < -0.4 is 10.5 Å². The first-order valence-corrected chi connectivity index (χ1v) is 8.10. The predicted molar refractivity (Wildman–Crippen MR) is 101 cm³/mol. The average molecular weight is 370 g/mol. The SMILES string of the molecule is COc1cccc(-c2cc(-c3c(Cl)cccc3Cl)c(C#N)c(N)n2)c1. The summed E-state index contributed by atoms with van der Waals surface area (Å²) in [5.41, 5.74) is 8.77. The number of benzene rings is 2. The summed E-state index contributed by atoms with van der Waals surface area (Å²) in [5, 5.41) is 10.4. The number of methoxy groups -OCH3 is 1. The van der Waals surface area contributed by atoms with E-state index >= 15 is 0 Å². The Labute approximate surface area is 155 Å². The average Bonchev–Trinajstić information content (AvgIpc) is 2.61. The standard InChI is InChI=1S/C19H13Cl2N3O/c1-25-12-5-2-4-11(8-12)17-9-13(14(10-22)19(23)24-17)18-15(20)6-3-7-16(18)21/h2-9H,1H3,(H2,23,24). The summed E-state index contributed by atoms with van der Waals surface area (Å²) >= 11 is 12.6. The van der Waals surface area contributed by atoms with Crippen molar-refractivity contribution in [2.24, 2.45) is 0 Å². The van der Waals surface area contributed by atoms with Gasteiger partial charge in [0.25, 0.3) is 0 Å². The lowest BCUT2D eigenvalue weighted by Gasteiger charge is -2.13. The molecule has 0 aliphatic carbocycles. The molecule has 0 saturated carbocycles. The summed E-state index contributed by atoms with van der Waals surface area (Å²) in [4.78, 5) is 4.35. The molecule has 0 unspecified atom stereocenters. The van der Waals surface area contributed by atoms with Gasteiger partial charge in [0, 0.05) is 26.7 Å². The van der Waals surface area contributed by atoms with Crippen LogP contribution in [0.2, 0.25) is 10.0 Å². The van der Waals surface area contributed by atoms with Crippen LogP contribution in [0, 0.1) is 11.3 Å². The zero-order chi connectivity index (χ0) is 18.0. The summed E-state index contributed by atoms with van der Waals surface area (Å²) in [6.45, 7) is 0. The van der Waals surface area contributed by atoms with Gasteiger partial charge in [0.1, 0.15) is 23.2 Å². The third kappa shape index (κ3) is 3.25. The van der Waals surface area contributed by atoms with Gasteiger partial charge in [-0.2, -0.15) is 5.26 Å². The van der Waals surface area contributed by atoms with Crippen LogP contribution in [0.15, 0.2) is 48.5 Å². The molecular formula is C19H13Cl2N3O. The Bertz CT molecular complexity index is 976. The van der Waals surface area contributed by atoms with Gasteiger partial charge in [0.2, 0.25) is 0 Å². The third-order valence-electron chi connectivity index (χ3n) is 3.76. The fourth-order valence-corrected chi connectivity index (χ4v) is 3.17. The maximum absolute atomic E-state index is 9.51. The van der Waals surface area contributed by atoms with Gasteiger partial charge in [0.15, 0.2) is 0 Å². The molecule has 2 aromatic carbocycles. The number of rotatable bonds is 3. The molecule has 0 amide bonds. The summed E-state index contributed by atoms with van der Waals surface area (Å²) in [6.07, 6.45) is 0. The zero-order valence-electron chi connectivity index (χ0n) is 13.3. The van der Waals surface area contributed by atoms with Gasteiger partial charge in [-0.05, 0) is 30.3 Å². The lowest BCUT2D eigenvalue weighted by Crippen LogP contribution is -2.00. The van der Waals surface area contributed by atoms with Gasteiger partial charge in [-0.25, -0.2) is 4.98 Å². The highest BCUT2D eigenvalue weighted by atomic mass is 35.5. The van der Waals surface area contributed by atoms with Crippen molar-refractivity contribution in [1.29, 1.82) is 5.26 Å². The zero-order valence-corrected chi connectivity index (χ0v) is 14.8. The van der Waals surface area contributed by atoms with Crippen molar-refractivity contribution >= 4 is 29.0 Å². The Hall–Kier alpha value is -2.74. The van der Waals surface area contributed by atoms with Crippen LogP contribution in [-0.4, -0.2) is 12.1 Å². The summed E-state index contributed by atoms with van der Waals surface area (Å²) in [7, 11) is 1.59. The lowest BCUT2D eigenvalue weighted by molar-refractivity contribution is 0.415. The van der Waals surface area contributed by atoms with Crippen molar-refractivity contribution in [3.63, 3.8) is 0 Å². The maximum Gasteiger partial charge on any atom is 0.142 e.